The van der Waals surface area contributed by atoms with E-state index < -0.39 is 10.0 Å². The van der Waals surface area contributed by atoms with Gasteiger partial charge in [0.1, 0.15) is 0 Å². The Morgan fingerprint density at radius 3 is 2.40 bits per heavy atom. The highest BCUT2D eigenvalue weighted by Crippen LogP contribution is 2.18. The van der Waals surface area contributed by atoms with Gasteiger partial charge >= 0.3 is 0 Å². The lowest BCUT2D eigenvalue weighted by Crippen LogP contribution is -2.24. The van der Waals surface area contributed by atoms with Crippen molar-refractivity contribution in [1.29, 1.82) is 0 Å². The molecule has 0 bridgehead atoms. The summed E-state index contributed by atoms with van der Waals surface area (Å²) < 4.78 is 26.4. The van der Waals surface area contributed by atoms with E-state index in [1.165, 1.54) is 12.8 Å². The van der Waals surface area contributed by atoms with Crippen molar-refractivity contribution in [3.63, 3.8) is 0 Å². The van der Waals surface area contributed by atoms with Gasteiger partial charge in [0.2, 0.25) is 10.0 Å². The average molecular weight is 297 g/mol. The smallest absolute Gasteiger partial charge is 0.240 e. The maximum absolute atomic E-state index is 11.9. The van der Waals surface area contributed by atoms with Crippen molar-refractivity contribution in [2.45, 2.75) is 37.1 Å². The number of nitrogens with one attached hydrogen (secondary N) is 3. The summed E-state index contributed by atoms with van der Waals surface area (Å²) in [6.07, 6.45) is 3.36. The van der Waals surface area contributed by atoms with E-state index in [0.717, 1.165) is 25.2 Å². The molecule has 0 heterocycles. The Bertz CT molecular complexity index is 510. The Morgan fingerprint density at radius 2 is 1.80 bits per heavy atom. The Hall–Kier alpha value is -1.11. The lowest BCUT2D eigenvalue weighted by molar-refractivity contribution is 0.581. The van der Waals surface area contributed by atoms with Gasteiger partial charge in [-0.1, -0.05) is 6.92 Å². The van der Waals surface area contributed by atoms with Gasteiger partial charge in [-0.3, -0.25) is 0 Å². The van der Waals surface area contributed by atoms with Crippen molar-refractivity contribution in [1.82, 2.24) is 10.0 Å². The molecule has 0 saturated heterocycles. The molecule has 6 heteroatoms. The molecule has 2 rings (SSSR count). The molecular formula is C14H23N3O2S. The van der Waals surface area contributed by atoms with E-state index in [9.17, 15) is 8.42 Å². The van der Waals surface area contributed by atoms with E-state index in [-0.39, 0.29) is 0 Å². The third-order valence-corrected chi connectivity index (χ3v) is 4.65. The predicted octanol–water partition coefficient (Wildman–Crippen LogP) is 1.54. The Labute approximate surface area is 121 Å². The monoisotopic (exact) mass is 297 g/mol. The summed E-state index contributed by atoms with van der Waals surface area (Å²) in [5, 5.41) is 6.69. The molecule has 1 aliphatic rings. The fourth-order valence-corrected chi connectivity index (χ4v) is 2.98. The molecule has 20 heavy (non-hydrogen) atoms. The van der Waals surface area contributed by atoms with E-state index in [1.54, 1.807) is 24.3 Å². The Morgan fingerprint density at radius 1 is 1.10 bits per heavy atom. The average Bonchev–Trinajstić information content (AvgIpc) is 3.26. The minimum Gasteiger partial charge on any atom is -0.384 e. The Kier molecular flexibility index (Phi) is 5.39. The van der Waals surface area contributed by atoms with E-state index in [2.05, 4.69) is 15.4 Å². The summed E-state index contributed by atoms with van der Waals surface area (Å²) in [6.45, 7) is 4.18. The van der Waals surface area contributed by atoms with Crippen LogP contribution in [0, 0.1) is 0 Å². The first-order valence-corrected chi connectivity index (χ1v) is 8.67. The van der Waals surface area contributed by atoms with Crippen LogP contribution in [0.2, 0.25) is 0 Å². The molecule has 5 nitrogen and oxygen atoms in total. The van der Waals surface area contributed by atoms with Gasteiger partial charge in [0.05, 0.1) is 4.90 Å². The van der Waals surface area contributed by atoms with Crippen molar-refractivity contribution in [3.8, 4) is 0 Å². The van der Waals surface area contributed by atoms with Gasteiger partial charge in [0, 0.05) is 31.4 Å². The molecule has 1 fully saturated rings. The van der Waals surface area contributed by atoms with Gasteiger partial charge in [0.15, 0.2) is 0 Å². The van der Waals surface area contributed by atoms with Gasteiger partial charge < -0.3 is 10.6 Å². The summed E-state index contributed by atoms with van der Waals surface area (Å²) in [6, 6.07) is 7.59. The van der Waals surface area contributed by atoms with Gasteiger partial charge in [-0.2, -0.15) is 0 Å². The number of hydrogen-bond acceptors (Lipinski definition) is 4. The van der Waals surface area contributed by atoms with Crippen LogP contribution < -0.4 is 15.4 Å². The molecule has 0 atom stereocenters. The molecule has 0 aromatic heterocycles. The zero-order chi connectivity index (χ0) is 14.4. The van der Waals surface area contributed by atoms with Crippen molar-refractivity contribution < 1.29 is 8.42 Å². The standard InChI is InChI=1S/C14H23N3O2S/c1-2-9-17-20(18,19)14-7-5-13(6-8-14)16-11-10-15-12-3-4-12/h5-8,12,15-17H,2-4,9-11H2,1H3. The molecule has 1 saturated carbocycles. The van der Waals surface area contributed by atoms with Crippen molar-refractivity contribution in [2.24, 2.45) is 0 Å². The molecular weight excluding hydrogens is 274 g/mol. The highest BCUT2D eigenvalue weighted by molar-refractivity contribution is 7.89. The number of hydrogen-bond donors (Lipinski definition) is 3. The number of benzene rings is 1. The molecule has 3 N–H and O–H groups in total. The minimum absolute atomic E-state index is 0.313. The summed E-state index contributed by atoms with van der Waals surface area (Å²) in [5.74, 6) is 0. The summed E-state index contributed by atoms with van der Waals surface area (Å²) in [4.78, 5) is 0.313. The number of rotatable bonds is 9. The van der Waals surface area contributed by atoms with Crippen molar-refractivity contribution >= 4 is 15.7 Å². The topological polar surface area (TPSA) is 70.2 Å². The number of sulfonamides is 1. The van der Waals surface area contributed by atoms with Crippen LogP contribution in [-0.4, -0.2) is 34.1 Å². The molecule has 1 aromatic rings. The quantitative estimate of drug-likeness (QED) is 0.605. The first-order chi connectivity index (χ1) is 9.62. The number of anilines is 1. The molecule has 1 aromatic carbocycles. The molecule has 1 aliphatic carbocycles. The molecule has 0 amide bonds. The second-order valence-electron chi connectivity index (χ2n) is 5.08. The molecule has 0 aliphatic heterocycles. The van der Waals surface area contributed by atoms with E-state index in [1.807, 2.05) is 6.92 Å². The lowest BCUT2D eigenvalue weighted by atomic mass is 10.3. The predicted molar refractivity (Wildman–Crippen MR) is 81.4 cm³/mol. The second-order valence-corrected chi connectivity index (χ2v) is 6.84. The maximum atomic E-state index is 11.9. The van der Waals surface area contributed by atoms with Crippen LogP contribution in [0.25, 0.3) is 0 Å². The van der Waals surface area contributed by atoms with Crippen molar-refractivity contribution in [2.75, 3.05) is 25.0 Å². The summed E-state index contributed by atoms with van der Waals surface area (Å²) in [5.41, 5.74) is 0.942. The zero-order valence-electron chi connectivity index (χ0n) is 11.9. The summed E-state index contributed by atoms with van der Waals surface area (Å²) in [7, 11) is -3.36. The molecule has 0 spiro atoms. The van der Waals surface area contributed by atoms with Crippen LogP contribution in [0.15, 0.2) is 29.2 Å². The van der Waals surface area contributed by atoms with Gasteiger partial charge in [-0.15, -0.1) is 0 Å². The molecule has 112 valence electrons. The molecule has 0 radical (unpaired) electrons. The lowest BCUT2D eigenvalue weighted by Gasteiger charge is -2.09. The highest BCUT2D eigenvalue weighted by Gasteiger charge is 2.19. The third-order valence-electron chi connectivity index (χ3n) is 3.17. The summed E-state index contributed by atoms with van der Waals surface area (Å²) >= 11 is 0. The van der Waals surface area contributed by atoms with Crippen LogP contribution in [0.1, 0.15) is 26.2 Å². The largest absolute Gasteiger partial charge is 0.384 e. The first-order valence-electron chi connectivity index (χ1n) is 7.19. The van der Waals surface area contributed by atoms with Crippen LogP contribution >= 0.6 is 0 Å². The molecule has 0 unspecified atom stereocenters. The highest BCUT2D eigenvalue weighted by atomic mass is 32.2. The van der Waals surface area contributed by atoms with E-state index >= 15 is 0 Å². The maximum Gasteiger partial charge on any atom is 0.240 e. The van der Waals surface area contributed by atoms with Crippen LogP contribution in [0.5, 0.6) is 0 Å². The fourth-order valence-electron chi connectivity index (χ4n) is 1.84. The Balaban J connectivity index is 1.81. The second kappa shape index (κ2) is 7.06. The van der Waals surface area contributed by atoms with Gasteiger partial charge in [0.25, 0.3) is 0 Å². The van der Waals surface area contributed by atoms with Crippen molar-refractivity contribution in [3.05, 3.63) is 24.3 Å². The van der Waals surface area contributed by atoms with Crippen LogP contribution in [0.4, 0.5) is 5.69 Å². The first kappa shape index (κ1) is 15.3. The SMILES string of the molecule is CCCNS(=O)(=O)c1ccc(NCCNC2CC2)cc1. The minimum atomic E-state index is -3.36. The van der Waals surface area contributed by atoms with Crippen LogP contribution in [0.3, 0.4) is 0 Å². The van der Waals surface area contributed by atoms with E-state index in [4.69, 9.17) is 0 Å². The normalized spacial score (nSPS) is 15.2. The zero-order valence-corrected chi connectivity index (χ0v) is 12.7. The third kappa shape index (κ3) is 4.77. The van der Waals surface area contributed by atoms with Gasteiger partial charge in [-0.05, 0) is 43.5 Å². The van der Waals surface area contributed by atoms with Gasteiger partial charge in [-0.25, -0.2) is 13.1 Å². The van der Waals surface area contributed by atoms with E-state index in [0.29, 0.717) is 17.5 Å². The van der Waals surface area contributed by atoms with Crippen LogP contribution in [-0.2, 0) is 10.0 Å². The fraction of sp³-hybridized carbons (Fsp3) is 0.571.